The molecule has 0 aliphatic carbocycles. The van der Waals surface area contributed by atoms with Crippen molar-refractivity contribution in [3.63, 3.8) is 0 Å². The molecular weight excluding hydrogens is 222 g/mol. The lowest BCUT2D eigenvalue weighted by Crippen LogP contribution is -2.13. The number of thioether (sulfide) groups is 1. The Kier molecular flexibility index (Phi) is 5.84. The molecule has 0 fully saturated rings. The predicted octanol–water partition coefficient (Wildman–Crippen LogP) is 3.01. The van der Waals surface area contributed by atoms with Gasteiger partial charge >= 0.3 is 0 Å². The third kappa shape index (κ3) is 4.53. The van der Waals surface area contributed by atoms with Gasteiger partial charge in [-0.15, -0.1) is 10.2 Å². The summed E-state index contributed by atoms with van der Waals surface area (Å²) in [7, 11) is 0. The standard InChI is InChI=1S/C11H21N3OS/c1-4-5-6-16-11-14-13-10(15-11)9(12)7-8(2)3/h8-9H,4-7,12H2,1-3H3/t9-/m0/s1. The molecule has 1 rings (SSSR count). The molecule has 0 radical (unpaired) electrons. The molecule has 0 amide bonds. The molecule has 0 saturated carbocycles. The molecule has 1 heterocycles. The monoisotopic (exact) mass is 243 g/mol. The maximum Gasteiger partial charge on any atom is 0.276 e. The average Bonchev–Trinajstić information content (AvgIpc) is 2.66. The van der Waals surface area contributed by atoms with Crippen LogP contribution < -0.4 is 5.73 Å². The van der Waals surface area contributed by atoms with Gasteiger partial charge in [-0.25, -0.2) is 0 Å². The zero-order valence-corrected chi connectivity index (χ0v) is 11.1. The van der Waals surface area contributed by atoms with Crippen LogP contribution in [0.2, 0.25) is 0 Å². The number of unbranched alkanes of at least 4 members (excludes halogenated alkanes) is 1. The van der Waals surface area contributed by atoms with Crippen LogP contribution in [0.4, 0.5) is 0 Å². The molecule has 0 aliphatic rings. The van der Waals surface area contributed by atoms with Crippen molar-refractivity contribution >= 4 is 11.8 Å². The van der Waals surface area contributed by atoms with Crippen LogP contribution in [0.3, 0.4) is 0 Å². The molecule has 16 heavy (non-hydrogen) atoms. The fourth-order valence-electron chi connectivity index (χ4n) is 1.34. The number of aromatic nitrogens is 2. The molecule has 2 N–H and O–H groups in total. The van der Waals surface area contributed by atoms with Gasteiger partial charge in [0.25, 0.3) is 5.22 Å². The second kappa shape index (κ2) is 6.91. The third-order valence-corrected chi connectivity index (χ3v) is 3.09. The Labute approximate surface area is 101 Å². The zero-order valence-electron chi connectivity index (χ0n) is 10.3. The summed E-state index contributed by atoms with van der Waals surface area (Å²) in [6.07, 6.45) is 3.22. The summed E-state index contributed by atoms with van der Waals surface area (Å²) < 4.78 is 5.51. The van der Waals surface area contributed by atoms with Crippen molar-refractivity contribution in [1.82, 2.24) is 10.2 Å². The summed E-state index contributed by atoms with van der Waals surface area (Å²) in [5.41, 5.74) is 5.96. The van der Waals surface area contributed by atoms with Gasteiger partial charge in [-0.1, -0.05) is 39.0 Å². The lowest BCUT2D eigenvalue weighted by Gasteiger charge is -2.08. The largest absolute Gasteiger partial charge is 0.414 e. The van der Waals surface area contributed by atoms with E-state index in [4.69, 9.17) is 10.2 Å². The Hall–Kier alpha value is -0.550. The SMILES string of the molecule is CCCCSc1nnc([C@@H](N)CC(C)C)o1. The van der Waals surface area contributed by atoms with Gasteiger partial charge in [0.05, 0.1) is 6.04 Å². The Bertz CT molecular complexity index is 301. The van der Waals surface area contributed by atoms with Gasteiger partial charge in [-0.3, -0.25) is 0 Å². The number of hydrogen-bond acceptors (Lipinski definition) is 5. The Morgan fingerprint density at radius 2 is 2.12 bits per heavy atom. The second-order valence-corrected chi connectivity index (χ2v) is 5.39. The van der Waals surface area contributed by atoms with E-state index < -0.39 is 0 Å². The molecule has 0 unspecified atom stereocenters. The van der Waals surface area contributed by atoms with Crippen LogP contribution in [0.15, 0.2) is 9.64 Å². The van der Waals surface area contributed by atoms with Gasteiger partial charge in [-0.05, 0) is 18.8 Å². The van der Waals surface area contributed by atoms with Gasteiger partial charge in [-0.2, -0.15) is 0 Å². The van der Waals surface area contributed by atoms with Crippen LogP contribution in [0.1, 0.15) is 52.0 Å². The van der Waals surface area contributed by atoms with Gasteiger partial charge in [0, 0.05) is 5.75 Å². The molecule has 1 aromatic heterocycles. The predicted molar refractivity (Wildman–Crippen MR) is 66.3 cm³/mol. The molecule has 1 atom stereocenters. The minimum atomic E-state index is -0.131. The smallest absolute Gasteiger partial charge is 0.276 e. The zero-order chi connectivity index (χ0) is 12.0. The van der Waals surface area contributed by atoms with Crippen LogP contribution in [0, 0.1) is 5.92 Å². The lowest BCUT2D eigenvalue weighted by molar-refractivity contribution is 0.361. The van der Waals surface area contributed by atoms with Crippen molar-refractivity contribution in [3.8, 4) is 0 Å². The van der Waals surface area contributed by atoms with Crippen LogP contribution >= 0.6 is 11.8 Å². The molecule has 0 bridgehead atoms. The first-order valence-electron chi connectivity index (χ1n) is 5.85. The van der Waals surface area contributed by atoms with E-state index in [0.29, 0.717) is 17.0 Å². The molecular formula is C11H21N3OS. The summed E-state index contributed by atoms with van der Waals surface area (Å²) in [4.78, 5) is 0. The molecule has 4 nitrogen and oxygen atoms in total. The number of hydrogen-bond donors (Lipinski definition) is 1. The van der Waals surface area contributed by atoms with E-state index in [-0.39, 0.29) is 6.04 Å². The molecule has 92 valence electrons. The highest BCUT2D eigenvalue weighted by Crippen LogP contribution is 2.22. The fourth-order valence-corrected chi connectivity index (χ4v) is 2.19. The molecule has 0 spiro atoms. The third-order valence-electron chi connectivity index (χ3n) is 2.19. The first-order valence-corrected chi connectivity index (χ1v) is 6.83. The average molecular weight is 243 g/mol. The molecule has 1 aromatic rings. The molecule has 5 heteroatoms. The topological polar surface area (TPSA) is 64.9 Å². The summed E-state index contributed by atoms with van der Waals surface area (Å²) in [5, 5.41) is 8.61. The van der Waals surface area contributed by atoms with Crippen LogP contribution in [-0.2, 0) is 0 Å². The van der Waals surface area contributed by atoms with Gasteiger partial charge in [0.2, 0.25) is 5.89 Å². The molecule has 0 aromatic carbocycles. The summed E-state index contributed by atoms with van der Waals surface area (Å²) in [6, 6.07) is -0.131. The molecule has 0 aliphatic heterocycles. The second-order valence-electron chi connectivity index (χ2n) is 4.34. The quantitative estimate of drug-likeness (QED) is 0.589. The van der Waals surface area contributed by atoms with E-state index >= 15 is 0 Å². The highest BCUT2D eigenvalue weighted by Gasteiger charge is 2.15. The molecule has 0 saturated heterocycles. The Balaban J connectivity index is 2.44. The van der Waals surface area contributed by atoms with E-state index in [0.717, 1.165) is 12.2 Å². The number of rotatable bonds is 7. The minimum absolute atomic E-state index is 0.131. The van der Waals surface area contributed by atoms with Crippen LogP contribution in [-0.4, -0.2) is 16.0 Å². The maximum atomic E-state index is 5.96. The van der Waals surface area contributed by atoms with Crippen molar-refractivity contribution in [2.24, 2.45) is 11.7 Å². The van der Waals surface area contributed by atoms with E-state index in [2.05, 4.69) is 31.0 Å². The Morgan fingerprint density at radius 3 is 2.75 bits per heavy atom. The normalized spacial score (nSPS) is 13.3. The highest BCUT2D eigenvalue weighted by molar-refractivity contribution is 7.99. The summed E-state index contributed by atoms with van der Waals surface area (Å²) >= 11 is 1.61. The van der Waals surface area contributed by atoms with Crippen LogP contribution in [0.5, 0.6) is 0 Å². The first kappa shape index (κ1) is 13.5. The fraction of sp³-hybridized carbons (Fsp3) is 0.818. The van der Waals surface area contributed by atoms with Crippen molar-refractivity contribution < 1.29 is 4.42 Å². The highest BCUT2D eigenvalue weighted by atomic mass is 32.2. The van der Waals surface area contributed by atoms with E-state index in [1.807, 2.05) is 0 Å². The summed E-state index contributed by atoms with van der Waals surface area (Å²) in [6.45, 7) is 6.43. The maximum absolute atomic E-state index is 5.96. The van der Waals surface area contributed by atoms with E-state index in [9.17, 15) is 0 Å². The van der Waals surface area contributed by atoms with Crippen molar-refractivity contribution in [2.45, 2.75) is 51.3 Å². The van der Waals surface area contributed by atoms with Gasteiger partial charge in [0.1, 0.15) is 0 Å². The van der Waals surface area contributed by atoms with Gasteiger partial charge in [0.15, 0.2) is 0 Å². The summed E-state index contributed by atoms with van der Waals surface area (Å²) in [5.74, 6) is 2.13. The van der Waals surface area contributed by atoms with Crippen molar-refractivity contribution in [3.05, 3.63) is 5.89 Å². The number of nitrogens with two attached hydrogens (primary N) is 1. The van der Waals surface area contributed by atoms with Crippen molar-refractivity contribution in [1.29, 1.82) is 0 Å². The number of nitrogens with zero attached hydrogens (tertiary/aromatic N) is 2. The van der Waals surface area contributed by atoms with E-state index in [1.165, 1.54) is 12.8 Å². The lowest BCUT2D eigenvalue weighted by atomic mass is 10.1. The van der Waals surface area contributed by atoms with Crippen LogP contribution in [0.25, 0.3) is 0 Å². The van der Waals surface area contributed by atoms with Gasteiger partial charge < -0.3 is 10.2 Å². The van der Waals surface area contributed by atoms with Crippen molar-refractivity contribution in [2.75, 3.05) is 5.75 Å². The minimum Gasteiger partial charge on any atom is -0.414 e. The first-order chi connectivity index (χ1) is 7.63. The van der Waals surface area contributed by atoms with E-state index in [1.54, 1.807) is 11.8 Å². The Morgan fingerprint density at radius 1 is 1.38 bits per heavy atom.